The minimum absolute atomic E-state index is 0.556. The first-order chi connectivity index (χ1) is 23.3. The van der Waals surface area contributed by atoms with E-state index in [2.05, 4.69) is 160 Å². The van der Waals surface area contributed by atoms with Crippen LogP contribution in [-0.2, 0) is 0 Å². The van der Waals surface area contributed by atoms with E-state index in [1.807, 2.05) is 0 Å². The van der Waals surface area contributed by atoms with Crippen molar-refractivity contribution < 1.29 is 0 Å². The van der Waals surface area contributed by atoms with Crippen molar-refractivity contribution in [2.45, 2.75) is 19.6 Å². The van der Waals surface area contributed by atoms with Crippen molar-refractivity contribution in [2.24, 2.45) is 0 Å². The maximum absolute atomic E-state index is 5.34. The van der Waals surface area contributed by atoms with Crippen LogP contribution in [-0.4, -0.2) is 19.5 Å². The van der Waals surface area contributed by atoms with Crippen LogP contribution in [0.15, 0.2) is 165 Å². The number of fused-ring (bicyclic) bond motifs is 7. The van der Waals surface area contributed by atoms with Crippen molar-refractivity contribution in [2.75, 3.05) is 9.80 Å². The van der Waals surface area contributed by atoms with E-state index in [-0.39, 0.29) is 0 Å². The molecule has 0 fully saturated rings. The molecule has 0 unspecified atom stereocenters. The Labute approximate surface area is 279 Å². The summed E-state index contributed by atoms with van der Waals surface area (Å²) >= 11 is 3.54. The Hall–Kier alpha value is -5.57. The number of benzene rings is 6. The van der Waals surface area contributed by atoms with Gasteiger partial charge in [-0.2, -0.15) is 15.0 Å². The Kier molecular flexibility index (Phi) is 5.94. The molecule has 0 N–H and O–H groups in total. The number of hydrogen-bond acceptors (Lipinski definition) is 7. The van der Waals surface area contributed by atoms with Crippen LogP contribution >= 0.6 is 23.5 Å². The van der Waals surface area contributed by atoms with Gasteiger partial charge in [0, 0.05) is 30.4 Å². The zero-order valence-electron chi connectivity index (χ0n) is 24.9. The molecule has 0 aliphatic carbocycles. The summed E-state index contributed by atoms with van der Waals surface area (Å²) in [6.07, 6.45) is 0. The first-order valence-corrected chi connectivity index (χ1v) is 17.0. The zero-order valence-corrected chi connectivity index (χ0v) is 26.5. The molecule has 2 aliphatic heterocycles. The van der Waals surface area contributed by atoms with Crippen LogP contribution in [0.25, 0.3) is 27.8 Å². The highest BCUT2D eigenvalue weighted by Crippen LogP contribution is 2.53. The molecular formula is C39H24N6S2. The van der Waals surface area contributed by atoms with Gasteiger partial charge in [-0.15, -0.1) is 0 Å². The van der Waals surface area contributed by atoms with Gasteiger partial charge in [-0.1, -0.05) is 108 Å². The summed E-state index contributed by atoms with van der Waals surface area (Å²) in [7, 11) is 0. The Bertz CT molecular complexity index is 2270. The van der Waals surface area contributed by atoms with Crippen LogP contribution in [0.3, 0.4) is 0 Å². The van der Waals surface area contributed by atoms with Crippen molar-refractivity contribution in [3.05, 3.63) is 146 Å². The summed E-state index contributed by atoms with van der Waals surface area (Å²) in [5.74, 6) is 1.67. The van der Waals surface area contributed by atoms with E-state index < -0.39 is 0 Å². The van der Waals surface area contributed by atoms with Crippen molar-refractivity contribution in [3.63, 3.8) is 0 Å². The largest absolute Gasteiger partial charge is 0.278 e. The van der Waals surface area contributed by atoms with Crippen LogP contribution < -0.4 is 9.80 Å². The smallest absolute Gasteiger partial charge is 0.241 e. The fourth-order valence-electron chi connectivity index (χ4n) is 6.62. The Morgan fingerprint density at radius 1 is 0.340 bits per heavy atom. The highest BCUT2D eigenvalue weighted by atomic mass is 32.2. The summed E-state index contributed by atoms with van der Waals surface area (Å²) in [4.78, 5) is 25.0. The lowest BCUT2D eigenvalue weighted by Gasteiger charge is -2.33. The van der Waals surface area contributed by atoms with Crippen molar-refractivity contribution in [1.82, 2.24) is 19.5 Å². The summed E-state index contributed by atoms with van der Waals surface area (Å²) in [6, 6.07) is 50.8. The lowest BCUT2D eigenvalue weighted by molar-refractivity contribution is 0.904. The van der Waals surface area contributed by atoms with Crippen molar-refractivity contribution >= 4 is 80.0 Å². The summed E-state index contributed by atoms with van der Waals surface area (Å²) in [5, 5.41) is 2.31. The number of nitrogens with zero attached hydrogens (tertiary/aromatic N) is 6. The average Bonchev–Trinajstić information content (AvgIpc) is 3.47. The third-order valence-electron chi connectivity index (χ3n) is 8.64. The molecule has 0 atom stereocenters. The molecular weight excluding hydrogens is 617 g/mol. The molecule has 0 spiro atoms. The fraction of sp³-hybridized carbons (Fsp3) is 0. The molecule has 222 valence electrons. The van der Waals surface area contributed by atoms with Crippen LogP contribution in [0.1, 0.15) is 0 Å². The summed E-state index contributed by atoms with van der Waals surface area (Å²) in [6.45, 7) is 0. The highest BCUT2D eigenvalue weighted by molar-refractivity contribution is 8.00. The number of hydrogen-bond donors (Lipinski definition) is 0. The van der Waals surface area contributed by atoms with Gasteiger partial charge < -0.3 is 0 Å². The number of rotatable bonds is 3. The monoisotopic (exact) mass is 640 g/mol. The predicted octanol–water partition coefficient (Wildman–Crippen LogP) is 10.8. The molecule has 4 heterocycles. The molecule has 0 amide bonds. The third-order valence-corrected chi connectivity index (χ3v) is 10.9. The highest BCUT2D eigenvalue weighted by Gasteiger charge is 2.31. The number of anilines is 6. The molecule has 8 aromatic rings. The second-order valence-electron chi connectivity index (χ2n) is 11.4. The summed E-state index contributed by atoms with van der Waals surface area (Å²) < 4.78 is 2.17. The summed E-state index contributed by atoms with van der Waals surface area (Å²) in [5.41, 5.74) is 6.24. The molecule has 2 aromatic heterocycles. The van der Waals surface area contributed by atoms with Gasteiger partial charge in [0.1, 0.15) is 0 Å². The van der Waals surface area contributed by atoms with E-state index in [1.165, 1.54) is 0 Å². The van der Waals surface area contributed by atoms with Crippen LogP contribution in [0.4, 0.5) is 34.6 Å². The van der Waals surface area contributed by atoms with Crippen molar-refractivity contribution in [1.29, 1.82) is 0 Å². The first-order valence-electron chi connectivity index (χ1n) is 15.4. The minimum Gasteiger partial charge on any atom is -0.278 e. The van der Waals surface area contributed by atoms with Crippen LogP contribution in [0.2, 0.25) is 0 Å². The van der Waals surface area contributed by atoms with Crippen LogP contribution in [0.5, 0.6) is 0 Å². The van der Waals surface area contributed by atoms with E-state index in [1.54, 1.807) is 23.5 Å². The molecule has 6 nitrogen and oxygen atoms in total. The zero-order chi connectivity index (χ0) is 30.9. The van der Waals surface area contributed by atoms with Gasteiger partial charge in [0.05, 0.1) is 33.8 Å². The van der Waals surface area contributed by atoms with Crippen molar-refractivity contribution in [3.8, 4) is 5.95 Å². The lowest BCUT2D eigenvalue weighted by atomic mass is 10.2. The van der Waals surface area contributed by atoms with Crippen LogP contribution in [0, 0.1) is 0 Å². The van der Waals surface area contributed by atoms with Gasteiger partial charge in [0.2, 0.25) is 17.8 Å². The van der Waals surface area contributed by atoms with E-state index >= 15 is 0 Å². The van der Waals surface area contributed by atoms with Gasteiger partial charge in [-0.3, -0.25) is 14.4 Å². The molecule has 0 saturated heterocycles. The molecule has 0 radical (unpaired) electrons. The molecule has 0 saturated carbocycles. The Morgan fingerprint density at radius 2 is 0.660 bits per heavy atom. The lowest BCUT2D eigenvalue weighted by Crippen LogP contribution is -2.23. The van der Waals surface area contributed by atoms with Gasteiger partial charge in [0.25, 0.3) is 0 Å². The van der Waals surface area contributed by atoms with Gasteiger partial charge in [-0.05, 0) is 60.7 Å². The van der Waals surface area contributed by atoms with E-state index in [0.29, 0.717) is 17.8 Å². The number of aromatic nitrogens is 4. The molecule has 10 rings (SSSR count). The van der Waals surface area contributed by atoms with Gasteiger partial charge >= 0.3 is 0 Å². The molecule has 8 heteroatoms. The Balaban J connectivity index is 1.31. The Morgan fingerprint density at radius 3 is 1.06 bits per heavy atom. The standard InChI is InChI=1S/C39H24N6S2/c1-3-15-27-25(13-1)26-14-2-4-16-28(26)43(27)37-40-38(44-29-17-5-9-21-33(29)46-34-22-10-6-18-30(34)44)42-39(41-37)45-31-19-7-11-23-35(31)47-36-24-12-8-20-32(36)45/h1-24H. The van der Waals surface area contributed by atoms with E-state index in [0.717, 1.165) is 64.1 Å². The predicted molar refractivity (Wildman–Crippen MR) is 192 cm³/mol. The molecule has 6 aromatic carbocycles. The maximum Gasteiger partial charge on any atom is 0.241 e. The normalized spacial score (nSPS) is 13.3. The maximum atomic E-state index is 5.34. The second kappa shape index (κ2) is 10.5. The third kappa shape index (κ3) is 4.12. The quantitative estimate of drug-likeness (QED) is 0.190. The van der Waals surface area contributed by atoms with E-state index in [9.17, 15) is 0 Å². The SMILES string of the molecule is c1ccc2c(c1)Sc1ccccc1N2c1nc(N2c3ccccc3Sc3ccccc32)nc(-n2c3ccccc3c3ccccc32)n1. The second-order valence-corrected chi connectivity index (χ2v) is 13.5. The van der Waals surface area contributed by atoms with Gasteiger partial charge in [-0.25, -0.2) is 0 Å². The van der Waals surface area contributed by atoms with E-state index in [4.69, 9.17) is 15.0 Å². The topological polar surface area (TPSA) is 50.1 Å². The molecule has 2 aliphatic rings. The molecule has 47 heavy (non-hydrogen) atoms. The minimum atomic E-state index is 0.556. The fourth-order valence-corrected chi connectivity index (χ4v) is 8.74. The first kappa shape index (κ1) is 26.6. The number of para-hydroxylation sites is 6. The average molecular weight is 641 g/mol. The molecule has 0 bridgehead atoms. The van der Waals surface area contributed by atoms with Gasteiger partial charge in [0.15, 0.2) is 0 Å².